The molecule has 2 N–H and O–H groups in total. The van der Waals surface area contributed by atoms with E-state index in [1.54, 1.807) is 0 Å². The van der Waals surface area contributed by atoms with E-state index in [0.29, 0.717) is 5.75 Å². The van der Waals surface area contributed by atoms with E-state index in [0.717, 1.165) is 24.2 Å². The lowest BCUT2D eigenvalue weighted by atomic mass is 9.48. The molecule has 4 bridgehead atoms. The predicted molar refractivity (Wildman–Crippen MR) is 86.7 cm³/mol. The minimum absolute atomic E-state index is 0.139. The van der Waals surface area contributed by atoms with Gasteiger partial charge in [-0.3, -0.25) is 0 Å². The Morgan fingerprint density at radius 1 is 1.05 bits per heavy atom. The van der Waals surface area contributed by atoms with Crippen LogP contribution in [-0.4, -0.2) is 26.0 Å². The Bertz CT molecular complexity index is 450. The molecular formula is C17H31NO2S. The van der Waals surface area contributed by atoms with E-state index in [1.165, 1.54) is 38.5 Å². The second-order valence-electron chi connectivity index (χ2n) is 8.48. The van der Waals surface area contributed by atoms with E-state index in [2.05, 4.69) is 6.92 Å². The Morgan fingerprint density at radius 3 is 1.95 bits per heavy atom. The second-order valence-corrected chi connectivity index (χ2v) is 10.6. The van der Waals surface area contributed by atoms with Crippen LogP contribution < -0.4 is 5.73 Å². The molecule has 4 aliphatic carbocycles. The molecule has 122 valence electrons. The average molecular weight is 314 g/mol. The number of hydrogen-bond acceptors (Lipinski definition) is 3. The van der Waals surface area contributed by atoms with Crippen molar-refractivity contribution in [2.45, 2.75) is 64.8 Å². The van der Waals surface area contributed by atoms with Crippen LogP contribution in [0.2, 0.25) is 0 Å². The highest BCUT2D eigenvalue weighted by Gasteiger charge is 2.53. The van der Waals surface area contributed by atoms with Crippen molar-refractivity contribution in [3.05, 3.63) is 0 Å². The average Bonchev–Trinajstić information content (AvgIpc) is 2.35. The SMILES string of the molecule is CCC(C)CS(=O)(=O)CC(N)C12CC3CC(CC(C3)C1)C2. The molecule has 2 atom stereocenters. The molecule has 0 saturated heterocycles. The molecule has 4 heteroatoms. The van der Waals surface area contributed by atoms with Crippen molar-refractivity contribution in [2.75, 3.05) is 11.5 Å². The van der Waals surface area contributed by atoms with Gasteiger partial charge in [-0.1, -0.05) is 20.3 Å². The molecule has 2 unspecified atom stereocenters. The molecule has 0 spiro atoms. The molecule has 0 aromatic carbocycles. The first-order valence-electron chi connectivity index (χ1n) is 8.78. The largest absolute Gasteiger partial charge is 0.326 e. The van der Waals surface area contributed by atoms with Crippen LogP contribution in [0.25, 0.3) is 0 Å². The van der Waals surface area contributed by atoms with Crippen molar-refractivity contribution < 1.29 is 8.42 Å². The zero-order valence-corrected chi connectivity index (χ0v) is 14.4. The van der Waals surface area contributed by atoms with Crippen LogP contribution in [-0.2, 0) is 9.84 Å². The van der Waals surface area contributed by atoms with E-state index in [-0.39, 0.29) is 23.1 Å². The molecule has 4 saturated carbocycles. The Labute approximate surface area is 130 Å². The fraction of sp³-hybridized carbons (Fsp3) is 1.00. The van der Waals surface area contributed by atoms with Crippen LogP contribution in [0.3, 0.4) is 0 Å². The highest BCUT2D eigenvalue weighted by Crippen LogP contribution is 2.61. The van der Waals surface area contributed by atoms with Crippen LogP contribution in [0.15, 0.2) is 0 Å². The summed E-state index contributed by atoms with van der Waals surface area (Å²) in [5, 5.41) is 0. The first-order chi connectivity index (χ1) is 9.82. The zero-order chi connectivity index (χ0) is 15.3. The minimum atomic E-state index is -3.01. The van der Waals surface area contributed by atoms with E-state index < -0.39 is 9.84 Å². The van der Waals surface area contributed by atoms with Crippen LogP contribution in [0.5, 0.6) is 0 Å². The van der Waals surface area contributed by atoms with Crippen LogP contribution in [0.4, 0.5) is 0 Å². The van der Waals surface area contributed by atoms with Gasteiger partial charge in [-0.15, -0.1) is 0 Å². The van der Waals surface area contributed by atoms with E-state index in [9.17, 15) is 8.42 Å². The van der Waals surface area contributed by atoms with E-state index in [1.807, 2.05) is 6.92 Å². The van der Waals surface area contributed by atoms with Crippen LogP contribution >= 0.6 is 0 Å². The van der Waals surface area contributed by atoms with Crippen molar-refractivity contribution in [2.24, 2.45) is 34.8 Å². The molecule has 4 aliphatic rings. The molecule has 4 fully saturated rings. The molecule has 0 aliphatic heterocycles. The molecule has 0 aromatic heterocycles. The van der Waals surface area contributed by atoms with Crippen molar-refractivity contribution >= 4 is 9.84 Å². The Kier molecular flexibility index (Phi) is 4.15. The van der Waals surface area contributed by atoms with Crippen molar-refractivity contribution in [1.29, 1.82) is 0 Å². The number of rotatable bonds is 6. The fourth-order valence-electron chi connectivity index (χ4n) is 5.70. The van der Waals surface area contributed by atoms with Crippen molar-refractivity contribution in [3.8, 4) is 0 Å². The summed E-state index contributed by atoms with van der Waals surface area (Å²) in [7, 11) is -3.01. The summed E-state index contributed by atoms with van der Waals surface area (Å²) < 4.78 is 24.8. The fourth-order valence-corrected chi connectivity index (χ4v) is 7.84. The van der Waals surface area contributed by atoms with Gasteiger partial charge in [-0.2, -0.15) is 0 Å². The molecule has 0 heterocycles. The van der Waals surface area contributed by atoms with Crippen LogP contribution in [0, 0.1) is 29.1 Å². The highest BCUT2D eigenvalue weighted by atomic mass is 32.2. The first kappa shape index (κ1) is 15.8. The third kappa shape index (κ3) is 3.17. The van der Waals surface area contributed by atoms with Crippen molar-refractivity contribution in [3.63, 3.8) is 0 Å². The number of hydrogen-bond donors (Lipinski definition) is 1. The number of sulfone groups is 1. The van der Waals surface area contributed by atoms with Gasteiger partial charge in [-0.25, -0.2) is 8.42 Å². The molecule has 4 rings (SSSR count). The smallest absolute Gasteiger partial charge is 0.152 e. The van der Waals surface area contributed by atoms with Crippen LogP contribution in [0.1, 0.15) is 58.8 Å². The number of nitrogens with two attached hydrogens (primary N) is 1. The molecule has 3 nitrogen and oxygen atoms in total. The maximum Gasteiger partial charge on any atom is 0.152 e. The van der Waals surface area contributed by atoms with Crippen molar-refractivity contribution in [1.82, 2.24) is 0 Å². The Hall–Kier alpha value is -0.0900. The van der Waals surface area contributed by atoms with Gasteiger partial charge in [0.1, 0.15) is 0 Å². The normalized spacial score (nSPS) is 41.2. The van der Waals surface area contributed by atoms with Gasteiger partial charge in [0.2, 0.25) is 0 Å². The summed E-state index contributed by atoms with van der Waals surface area (Å²) in [5.74, 6) is 3.27. The monoisotopic (exact) mass is 313 g/mol. The molecular weight excluding hydrogens is 282 g/mol. The summed E-state index contributed by atoms with van der Waals surface area (Å²) in [6.07, 6.45) is 8.64. The Morgan fingerprint density at radius 2 is 1.52 bits per heavy atom. The topological polar surface area (TPSA) is 60.2 Å². The van der Waals surface area contributed by atoms with Gasteiger partial charge in [0.15, 0.2) is 9.84 Å². The van der Waals surface area contributed by atoms with Gasteiger partial charge in [0, 0.05) is 6.04 Å². The van der Waals surface area contributed by atoms with Gasteiger partial charge >= 0.3 is 0 Å². The summed E-state index contributed by atoms with van der Waals surface area (Å²) in [6, 6.07) is -0.139. The lowest BCUT2D eigenvalue weighted by molar-refractivity contribution is -0.0632. The maximum atomic E-state index is 12.4. The Balaban J connectivity index is 1.69. The van der Waals surface area contributed by atoms with Gasteiger partial charge in [-0.05, 0) is 67.6 Å². The first-order valence-corrected chi connectivity index (χ1v) is 10.6. The predicted octanol–water partition coefficient (Wildman–Crippen LogP) is 2.99. The summed E-state index contributed by atoms with van der Waals surface area (Å²) in [4.78, 5) is 0. The molecule has 0 radical (unpaired) electrons. The standard InChI is InChI=1S/C17H31NO2S/c1-3-12(2)10-21(19,20)11-16(18)17-7-13-4-14(8-17)6-15(5-13)9-17/h12-16H,3-11,18H2,1-2H3. The summed E-state index contributed by atoms with van der Waals surface area (Å²) in [5.41, 5.74) is 6.65. The van der Waals surface area contributed by atoms with Gasteiger partial charge < -0.3 is 5.73 Å². The van der Waals surface area contributed by atoms with E-state index >= 15 is 0 Å². The highest BCUT2D eigenvalue weighted by molar-refractivity contribution is 7.91. The van der Waals surface area contributed by atoms with Gasteiger partial charge in [0.25, 0.3) is 0 Å². The summed E-state index contributed by atoms with van der Waals surface area (Å²) in [6.45, 7) is 4.08. The molecule has 21 heavy (non-hydrogen) atoms. The third-order valence-corrected chi connectivity index (χ3v) is 8.48. The molecule has 0 amide bonds. The summed E-state index contributed by atoms with van der Waals surface area (Å²) >= 11 is 0. The maximum absolute atomic E-state index is 12.4. The van der Waals surface area contributed by atoms with E-state index in [4.69, 9.17) is 5.73 Å². The lowest BCUT2D eigenvalue weighted by Gasteiger charge is -2.58. The molecule has 0 aromatic rings. The van der Waals surface area contributed by atoms with Gasteiger partial charge in [0.05, 0.1) is 11.5 Å². The third-order valence-electron chi connectivity index (χ3n) is 6.54. The second kappa shape index (κ2) is 5.52. The lowest BCUT2D eigenvalue weighted by Crippen LogP contribution is -2.56. The zero-order valence-electron chi connectivity index (χ0n) is 13.6. The minimum Gasteiger partial charge on any atom is -0.326 e. The quantitative estimate of drug-likeness (QED) is 0.820.